The van der Waals surface area contributed by atoms with Crippen molar-refractivity contribution in [2.45, 2.75) is 45.4 Å². The SMILES string of the molecule is CCCCOc1ccc([C@@H]2Oc3ccc(Br)cc3[C@@H]3CC(c4ccc(OCC)cc4)=NN32)cc1OC. The minimum Gasteiger partial charge on any atom is -0.494 e. The van der Waals surface area contributed by atoms with Gasteiger partial charge in [-0.3, -0.25) is 0 Å². The van der Waals surface area contributed by atoms with Crippen LogP contribution in [0.1, 0.15) is 62.1 Å². The highest BCUT2D eigenvalue weighted by Gasteiger charge is 2.41. The lowest BCUT2D eigenvalue weighted by Gasteiger charge is -2.38. The molecule has 2 aliphatic rings. The zero-order valence-corrected chi connectivity index (χ0v) is 22.5. The summed E-state index contributed by atoms with van der Waals surface area (Å²) < 4.78 is 24.8. The second-order valence-corrected chi connectivity index (χ2v) is 9.78. The molecule has 0 amide bonds. The Balaban J connectivity index is 1.50. The third-order valence-electron chi connectivity index (χ3n) is 6.48. The van der Waals surface area contributed by atoms with E-state index in [9.17, 15) is 0 Å². The summed E-state index contributed by atoms with van der Waals surface area (Å²) >= 11 is 3.63. The molecule has 188 valence electrons. The Bertz CT molecular complexity index is 1240. The van der Waals surface area contributed by atoms with E-state index < -0.39 is 0 Å². The van der Waals surface area contributed by atoms with Crippen molar-refractivity contribution < 1.29 is 18.9 Å². The fraction of sp³-hybridized carbons (Fsp3) is 0.345. The van der Waals surface area contributed by atoms with Crippen molar-refractivity contribution in [2.75, 3.05) is 20.3 Å². The topological polar surface area (TPSA) is 52.5 Å². The number of ether oxygens (including phenoxy) is 4. The van der Waals surface area contributed by atoms with E-state index in [-0.39, 0.29) is 12.3 Å². The zero-order valence-electron chi connectivity index (χ0n) is 20.9. The summed E-state index contributed by atoms with van der Waals surface area (Å²) in [5.74, 6) is 3.17. The fourth-order valence-corrected chi connectivity index (χ4v) is 5.03. The summed E-state index contributed by atoms with van der Waals surface area (Å²) in [4.78, 5) is 0. The maximum atomic E-state index is 6.54. The van der Waals surface area contributed by atoms with E-state index in [1.165, 1.54) is 0 Å². The van der Waals surface area contributed by atoms with Crippen LogP contribution in [-0.4, -0.2) is 31.0 Å². The first-order chi connectivity index (χ1) is 17.6. The van der Waals surface area contributed by atoms with Crippen LogP contribution in [0.3, 0.4) is 0 Å². The average molecular weight is 551 g/mol. The van der Waals surface area contributed by atoms with Gasteiger partial charge in [0.05, 0.1) is 32.1 Å². The number of unbranched alkanes of at least 4 members (excludes halogenated alkanes) is 1. The van der Waals surface area contributed by atoms with Crippen LogP contribution in [0.25, 0.3) is 0 Å². The van der Waals surface area contributed by atoms with Gasteiger partial charge in [0.25, 0.3) is 0 Å². The molecule has 0 saturated heterocycles. The smallest absolute Gasteiger partial charge is 0.214 e. The van der Waals surface area contributed by atoms with Gasteiger partial charge in [0.2, 0.25) is 6.23 Å². The Morgan fingerprint density at radius 3 is 2.58 bits per heavy atom. The Hall–Kier alpha value is -3.19. The minimum atomic E-state index is -0.387. The summed E-state index contributed by atoms with van der Waals surface area (Å²) in [7, 11) is 1.67. The molecule has 0 aromatic heterocycles. The molecule has 0 spiro atoms. The molecule has 2 aliphatic heterocycles. The van der Waals surface area contributed by atoms with Gasteiger partial charge in [-0.2, -0.15) is 5.10 Å². The van der Waals surface area contributed by atoms with E-state index in [2.05, 4.69) is 46.1 Å². The van der Waals surface area contributed by atoms with Gasteiger partial charge in [0.15, 0.2) is 11.5 Å². The molecule has 0 bridgehead atoms. The highest BCUT2D eigenvalue weighted by Crippen LogP contribution is 2.49. The average Bonchev–Trinajstić information content (AvgIpc) is 3.35. The molecule has 0 N–H and O–H groups in total. The van der Waals surface area contributed by atoms with Crippen LogP contribution in [0.5, 0.6) is 23.0 Å². The molecule has 0 fully saturated rings. The summed E-state index contributed by atoms with van der Waals surface area (Å²) in [6, 6.07) is 20.4. The first-order valence-corrected chi connectivity index (χ1v) is 13.3. The maximum Gasteiger partial charge on any atom is 0.214 e. The normalized spacial score (nSPS) is 18.1. The molecule has 0 unspecified atom stereocenters. The van der Waals surface area contributed by atoms with Gasteiger partial charge in [-0.1, -0.05) is 29.3 Å². The molecule has 7 heteroatoms. The van der Waals surface area contributed by atoms with E-state index in [1.807, 2.05) is 49.4 Å². The third kappa shape index (κ3) is 4.89. The van der Waals surface area contributed by atoms with E-state index in [4.69, 9.17) is 24.0 Å². The molecule has 2 heterocycles. The second kappa shape index (κ2) is 10.8. The zero-order chi connectivity index (χ0) is 25.1. The third-order valence-corrected chi connectivity index (χ3v) is 6.97. The van der Waals surface area contributed by atoms with Gasteiger partial charge in [-0.05, 0) is 79.6 Å². The van der Waals surface area contributed by atoms with Gasteiger partial charge in [-0.15, -0.1) is 0 Å². The largest absolute Gasteiger partial charge is 0.494 e. The molecule has 2 atom stereocenters. The number of nitrogens with zero attached hydrogens (tertiary/aromatic N) is 2. The molecular formula is C29H31BrN2O4. The van der Waals surface area contributed by atoms with Gasteiger partial charge >= 0.3 is 0 Å². The Morgan fingerprint density at radius 2 is 1.83 bits per heavy atom. The van der Waals surface area contributed by atoms with Crippen molar-refractivity contribution in [1.29, 1.82) is 0 Å². The van der Waals surface area contributed by atoms with Crippen molar-refractivity contribution in [2.24, 2.45) is 5.10 Å². The first-order valence-electron chi connectivity index (χ1n) is 12.5. The first kappa shape index (κ1) is 24.5. The number of rotatable bonds is 9. The van der Waals surface area contributed by atoms with Crippen molar-refractivity contribution in [3.05, 3.63) is 81.8 Å². The number of hydrogen-bond acceptors (Lipinski definition) is 6. The maximum absolute atomic E-state index is 6.54. The standard InChI is InChI=1S/C29H31BrN2O4/c1-4-6-15-35-27-13-9-20(16-28(27)33-3)29-32-25(23-17-21(30)10-14-26(23)36-29)18-24(31-32)19-7-11-22(12-8-19)34-5-2/h7-14,16-17,25,29H,4-6,15,18H2,1-3H3/t25-,29-/m0/s1. The van der Waals surface area contributed by atoms with Crippen LogP contribution in [-0.2, 0) is 0 Å². The lowest BCUT2D eigenvalue weighted by molar-refractivity contribution is -0.0192. The lowest BCUT2D eigenvalue weighted by Crippen LogP contribution is -2.33. The van der Waals surface area contributed by atoms with Crippen molar-refractivity contribution in [1.82, 2.24) is 5.01 Å². The summed E-state index contributed by atoms with van der Waals surface area (Å²) in [5, 5.41) is 7.15. The van der Waals surface area contributed by atoms with Crippen LogP contribution >= 0.6 is 15.9 Å². The highest BCUT2D eigenvalue weighted by molar-refractivity contribution is 9.10. The fourth-order valence-electron chi connectivity index (χ4n) is 4.65. The number of hydrogen-bond donors (Lipinski definition) is 0. The Kier molecular flexibility index (Phi) is 7.37. The number of methoxy groups -OCH3 is 1. The van der Waals surface area contributed by atoms with Crippen LogP contribution in [0.2, 0.25) is 0 Å². The number of fused-ring (bicyclic) bond motifs is 3. The molecule has 0 radical (unpaired) electrons. The van der Waals surface area contributed by atoms with E-state index in [1.54, 1.807) is 7.11 Å². The van der Waals surface area contributed by atoms with E-state index in [0.717, 1.165) is 63.4 Å². The van der Waals surface area contributed by atoms with Gasteiger partial charge in [0.1, 0.15) is 11.5 Å². The van der Waals surface area contributed by atoms with Crippen LogP contribution in [0, 0.1) is 0 Å². The molecule has 6 nitrogen and oxygen atoms in total. The number of benzene rings is 3. The predicted molar refractivity (Wildman–Crippen MR) is 144 cm³/mol. The highest BCUT2D eigenvalue weighted by atomic mass is 79.9. The van der Waals surface area contributed by atoms with E-state index in [0.29, 0.717) is 19.0 Å². The molecule has 3 aromatic rings. The second-order valence-electron chi connectivity index (χ2n) is 8.87. The molecule has 0 saturated carbocycles. The summed E-state index contributed by atoms with van der Waals surface area (Å²) in [6.07, 6.45) is 2.48. The lowest BCUT2D eigenvalue weighted by atomic mass is 9.96. The van der Waals surface area contributed by atoms with Gasteiger partial charge in [0, 0.05) is 22.0 Å². The summed E-state index contributed by atoms with van der Waals surface area (Å²) in [5.41, 5.74) is 4.19. The minimum absolute atomic E-state index is 0.0595. The predicted octanol–water partition coefficient (Wildman–Crippen LogP) is 7.28. The number of hydrazone groups is 1. The number of halogens is 1. The monoisotopic (exact) mass is 550 g/mol. The summed E-state index contributed by atoms with van der Waals surface area (Å²) in [6.45, 7) is 5.45. The van der Waals surface area contributed by atoms with Crippen LogP contribution in [0.15, 0.2) is 70.2 Å². The van der Waals surface area contributed by atoms with Crippen molar-refractivity contribution in [3.8, 4) is 23.0 Å². The van der Waals surface area contributed by atoms with Gasteiger partial charge in [-0.25, -0.2) is 5.01 Å². The Labute approximate surface area is 220 Å². The molecule has 5 rings (SSSR count). The molecule has 0 aliphatic carbocycles. The molecule has 3 aromatic carbocycles. The van der Waals surface area contributed by atoms with E-state index >= 15 is 0 Å². The van der Waals surface area contributed by atoms with Crippen LogP contribution in [0.4, 0.5) is 0 Å². The van der Waals surface area contributed by atoms with Crippen molar-refractivity contribution >= 4 is 21.6 Å². The molecular weight excluding hydrogens is 520 g/mol. The van der Waals surface area contributed by atoms with Crippen molar-refractivity contribution in [3.63, 3.8) is 0 Å². The molecule has 36 heavy (non-hydrogen) atoms. The Morgan fingerprint density at radius 1 is 1.00 bits per heavy atom. The quantitative estimate of drug-likeness (QED) is 0.262. The van der Waals surface area contributed by atoms with Gasteiger partial charge < -0.3 is 18.9 Å². The van der Waals surface area contributed by atoms with Crippen LogP contribution < -0.4 is 18.9 Å².